The average molecular weight is 674 g/mol. The number of aromatic carboxylic acids is 3. The molecule has 0 aliphatic heterocycles. The van der Waals surface area contributed by atoms with E-state index in [0.717, 1.165) is 22.8 Å². The van der Waals surface area contributed by atoms with Crippen LogP contribution in [0.5, 0.6) is 0 Å². The molecule has 13 heteroatoms. The van der Waals surface area contributed by atoms with Crippen molar-refractivity contribution < 1.29 is 49.2 Å². The summed E-state index contributed by atoms with van der Waals surface area (Å²) >= 11 is 0. The number of hydrogen-bond acceptors (Lipinski definition) is 7. The summed E-state index contributed by atoms with van der Waals surface area (Å²) < 4.78 is 0. The fraction of sp³-hybridized carbons (Fsp3) is 0. The predicted molar refractivity (Wildman–Crippen MR) is 153 cm³/mol. The van der Waals surface area contributed by atoms with Crippen molar-refractivity contribution in [3.8, 4) is 45.6 Å². The second-order valence-electron chi connectivity index (χ2n) is 8.85. The molecular weight excluding hydrogens is 653 g/mol. The first-order chi connectivity index (χ1) is 20.8. The van der Waals surface area contributed by atoms with E-state index in [1.807, 2.05) is 42.5 Å². The van der Waals surface area contributed by atoms with Gasteiger partial charge in [-0.1, -0.05) is 30.3 Å². The maximum atomic E-state index is 11.5. The molecule has 6 rings (SSSR count). The molecule has 0 atom stereocenters. The predicted octanol–water partition coefficient (Wildman–Crippen LogP) is 4.63. The second kappa shape index (κ2) is 13.9. The Balaban J connectivity index is 0.000000221. The van der Waals surface area contributed by atoms with Crippen LogP contribution in [0.4, 0.5) is 0 Å². The SMILES string of the molecule is O=C(O)c1ccnc(-c2cc(C(=O)O)cc(-c3cc(C(=O)O)ccn3)n2)c1.[Ru+2].c1cc(-c2ccc[n-]2)nc(-c2ccc[n-]2)c1. The summed E-state index contributed by atoms with van der Waals surface area (Å²) in [5.41, 5.74) is 3.93. The van der Waals surface area contributed by atoms with Crippen LogP contribution >= 0.6 is 0 Å². The minimum atomic E-state index is -1.23. The zero-order valence-electron chi connectivity index (χ0n) is 22.4. The fourth-order valence-corrected chi connectivity index (χ4v) is 3.95. The Morgan fingerprint density at radius 3 is 1.30 bits per heavy atom. The fourth-order valence-electron chi connectivity index (χ4n) is 3.95. The zero-order chi connectivity index (χ0) is 30.3. The number of carbonyl (C=O) groups is 3. The van der Waals surface area contributed by atoms with Crippen molar-refractivity contribution >= 4 is 17.9 Å². The summed E-state index contributed by atoms with van der Waals surface area (Å²) in [6, 6.07) is 21.2. The van der Waals surface area contributed by atoms with Crippen molar-refractivity contribution in [3.05, 3.63) is 120 Å². The molecule has 0 bridgehead atoms. The van der Waals surface area contributed by atoms with Gasteiger partial charge >= 0.3 is 37.4 Å². The van der Waals surface area contributed by atoms with Crippen molar-refractivity contribution in [2.24, 2.45) is 0 Å². The first-order valence-electron chi connectivity index (χ1n) is 12.6. The van der Waals surface area contributed by atoms with Gasteiger partial charge in [0, 0.05) is 23.8 Å². The standard InChI is InChI=1S/C18H11N3O6.C13H9N3.Ru/c22-16(23)9-1-3-19-12(5-9)14-7-11(18(26)27)8-15(21-14)13-6-10(17(24)25)2-4-20-13;1-4-12(10-6-2-8-14-10)16-13(5-1)11-7-3-9-15-11;/h1-8H,(H,22,23)(H,24,25)(H,26,27);1-9H;/q;-2;+2. The van der Waals surface area contributed by atoms with E-state index in [9.17, 15) is 19.5 Å². The van der Waals surface area contributed by atoms with Crippen molar-refractivity contribution in [2.45, 2.75) is 0 Å². The van der Waals surface area contributed by atoms with Crippen LogP contribution in [0.3, 0.4) is 0 Å². The van der Waals surface area contributed by atoms with Crippen LogP contribution in [0, 0.1) is 0 Å². The molecular formula is C31H20N6O6Ru. The summed E-state index contributed by atoms with van der Waals surface area (Å²) in [6.45, 7) is 0. The van der Waals surface area contributed by atoms with Crippen LogP contribution in [-0.4, -0.2) is 53.2 Å². The molecule has 44 heavy (non-hydrogen) atoms. The van der Waals surface area contributed by atoms with Gasteiger partial charge in [-0.3, -0.25) is 15.0 Å². The van der Waals surface area contributed by atoms with E-state index in [2.05, 4.69) is 29.9 Å². The van der Waals surface area contributed by atoms with Crippen LogP contribution in [0.2, 0.25) is 0 Å². The van der Waals surface area contributed by atoms with Crippen molar-refractivity contribution in [2.75, 3.05) is 0 Å². The minimum Gasteiger partial charge on any atom is -0.662 e. The van der Waals surface area contributed by atoms with Gasteiger partial charge in [0.05, 0.1) is 39.5 Å². The van der Waals surface area contributed by atoms with Gasteiger partial charge < -0.3 is 25.3 Å². The normalized spacial score (nSPS) is 10.2. The summed E-state index contributed by atoms with van der Waals surface area (Å²) in [6.07, 6.45) is 6.09. The van der Waals surface area contributed by atoms with E-state index in [-0.39, 0.29) is 58.9 Å². The molecule has 0 amide bonds. The second-order valence-corrected chi connectivity index (χ2v) is 8.85. The summed E-state index contributed by atoms with van der Waals surface area (Å²) in [4.78, 5) is 59.1. The third-order valence-corrected chi connectivity index (χ3v) is 5.99. The van der Waals surface area contributed by atoms with Crippen LogP contribution in [0.1, 0.15) is 31.1 Å². The minimum absolute atomic E-state index is 0. The van der Waals surface area contributed by atoms with Crippen molar-refractivity contribution in [3.63, 3.8) is 0 Å². The Morgan fingerprint density at radius 2 is 0.909 bits per heavy atom. The molecule has 0 aromatic carbocycles. The molecule has 0 spiro atoms. The monoisotopic (exact) mass is 674 g/mol. The number of nitrogens with zero attached hydrogens (tertiary/aromatic N) is 6. The van der Waals surface area contributed by atoms with Gasteiger partial charge in [-0.2, -0.15) is 12.4 Å². The first-order valence-corrected chi connectivity index (χ1v) is 12.6. The van der Waals surface area contributed by atoms with Gasteiger partial charge in [-0.05, 0) is 48.5 Å². The topological polar surface area (TPSA) is 192 Å². The number of rotatable bonds is 7. The number of hydrogen-bond donors (Lipinski definition) is 3. The molecule has 6 aromatic rings. The number of carboxylic acids is 3. The van der Waals surface area contributed by atoms with Crippen LogP contribution in [0.15, 0.2) is 104 Å². The van der Waals surface area contributed by atoms with Crippen LogP contribution in [0.25, 0.3) is 45.6 Å². The molecule has 0 unspecified atom stereocenters. The molecule has 3 N–H and O–H groups in total. The Morgan fingerprint density at radius 1 is 0.500 bits per heavy atom. The maximum absolute atomic E-state index is 11.5. The summed E-state index contributed by atoms with van der Waals surface area (Å²) in [7, 11) is 0. The third kappa shape index (κ3) is 7.33. The van der Waals surface area contributed by atoms with E-state index < -0.39 is 17.9 Å². The van der Waals surface area contributed by atoms with Gasteiger partial charge in [0.2, 0.25) is 0 Å². The molecule has 218 valence electrons. The van der Waals surface area contributed by atoms with Gasteiger partial charge in [-0.25, -0.2) is 19.4 Å². The first kappa shape index (κ1) is 31.1. The quantitative estimate of drug-likeness (QED) is 0.200. The molecule has 0 saturated heterocycles. The molecule has 0 fully saturated rings. The Hall–Kier alpha value is -5.81. The molecule has 0 aliphatic rings. The van der Waals surface area contributed by atoms with E-state index in [4.69, 9.17) is 10.2 Å². The van der Waals surface area contributed by atoms with E-state index in [1.165, 1.54) is 48.8 Å². The Labute approximate surface area is 262 Å². The number of carboxylic acid groups (broad SMARTS) is 3. The molecule has 6 heterocycles. The number of aromatic nitrogens is 6. The molecule has 12 nitrogen and oxygen atoms in total. The van der Waals surface area contributed by atoms with Gasteiger partial charge in [0.25, 0.3) is 0 Å². The van der Waals surface area contributed by atoms with Crippen molar-refractivity contribution in [1.29, 1.82) is 0 Å². The molecule has 6 aromatic heterocycles. The maximum Gasteiger partial charge on any atom is 2.00 e. The number of pyridine rings is 4. The van der Waals surface area contributed by atoms with Gasteiger partial charge in [-0.15, -0.1) is 11.4 Å². The van der Waals surface area contributed by atoms with Crippen LogP contribution < -0.4 is 9.97 Å². The average Bonchev–Trinajstić information content (AvgIpc) is 3.77. The van der Waals surface area contributed by atoms with E-state index in [0.29, 0.717) is 0 Å². The van der Waals surface area contributed by atoms with Crippen LogP contribution in [-0.2, 0) is 19.5 Å². The van der Waals surface area contributed by atoms with Gasteiger partial charge in [0.1, 0.15) is 0 Å². The van der Waals surface area contributed by atoms with Crippen molar-refractivity contribution in [1.82, 2.24) is 29.9 Å². The van der Waals surface area contributed by atoms with Gasteiger partial charge in [0.15, 0.2) is 0 Å². The smallest absolute Gasteiger partial charge is 0.662 e. The largest absolute Gasteiger partial charge is 2.00 e. The Bertz CT molecular complexity index is 1800. The van der Waals surface area contributed by atoms with E-state index in [1.54, 1.807) is 12.4 Å². The van der Waals surface area contributed by atoms with E-state index >= 15 is 0 Å². The zero-order valence-corrected chi connectivity index (χ0v) is 24.2. The molecule has 0 aliphatic carbocycles. The Kier molecular flexibility index (Phi) is 9.84. The third-order valence-electron chi connectivity index (χ3n) is 5.99. The summed E-state index contributed by atoms with van der Waals surface area (Å²) in [5, 5.41) is 27.6. The summed E-state index contributed by atoms with van der Waals surface area (Å²) in [5.74, 6) is -3.56. The molecule has 0 saturated carbocycles. The molecule has 0 radical (unpaired) electrons.